The molecule has 0 aromatic heterocycles. The molecular formula is C13H20BrClN2. The molecule has 0 saturated heterocycles. The lowest BCUT2D eigenvalue weighted by Gasteiger charge is -2.18. The summed E-state index contributed by atoms with van der Waals surface area (Å²) in [5, 5.41) is 4.24. The van der Waals surface area contributed by atoms with E-state index in [1.807, 2.05) is 12.1 Å². The normalized spacial score (nSPS) is 11.1. The van der Waals surface area contributed by atoms with Crippen LogP contribution in [-0.2, 0) is 6.54 Å². The number of nitrogens with one attached hydrogen (secondary N) is 1. The van der Waals surface area contributed by atoms with E-state index in [1.165, 1.54) is 0 Å². The maximum atomic E-state index is 6.12. The lowest BCUT2D eigenvalue weighted by Crippen LogP contribution is -2.31. The molecule has 0 spiro atoms. The molecule has 0 saturated carbocycles. The highest BCUT2D eigenvalue weighted by Crippen LogP contribution is 2.20. The van der Waals surface area contributed by atoms with Crippen LogP contribution in [0.1, 0.15) is 19.4 Å². The van der Waals surface area contributed by atoms with Crippen molar-refractivity contribution in [3.05, 3.63) is 33.3 Å². The molecule has 1 aromatic rings. The van der Waals surface area contributed by atoms with Gasteiger partial charge in [0.25, 0.3) is 0 Å². The summed E-state index contributed by atoms with van der Waals surface area (Å²) in [5.74, 6) is 0. The van der Waals surface area contributed by atoms with Crippen molar-refractivity contribution >= 4 is 27.5 Å². The van der Waals surface area contributed by atoms with Gasteiger partial charge >= 0.3 is 0 Å². The summed E-state index contributed by atoms with van der Waals surface area (Å²) in [6.45, 7) is 9.48. The van der Waals surface area contributed by atoms with Crippen molar-refractivity contribution in [2.24, 2.45) is 0 Å². The molecule has 0 amide bonds. The fourth-order valence-electron chi connectivity index (χ4n) is 1.68. The van der Waals surface area contributed by atoms with E-state index in [0.29, 0.717) is 0 Å². The smallest absolute Gasteiger partial charge is 0.0451 e. The first kappa shape index (κ1) is 15.0. The number of nitrogens with zero attached hydrogens (tertiary/aromatic N) is 1. The second kappa shape index (κ2) is 8.09. The summed E-state index contributed by atoms with van der Waals surface area (Å²) in [5.41, 5.74) is 1.14. The molecule has 0 aliphatic heterocycles. The second-order valence-electron chi connectivity index (χ2n) is 3.94. The molecule has 0 bridgehead atoms. The Morgan fingerprint density at radius 3 is 2.65 bits per heavy atom. The largest absolute Gasteiger partial charge is 0.311 e. The van der Waals surface area contributed by atoms with Crippen LogP contribution in [0.25, 0.3) is 0 Å². The minimum atomic E-state index is 0.819. The Kier molecular flexibility index (Phi) is 7.12. The Bertz CT molecular complexity index is 340. The number of hydrogen-bond donors (Lipinski definition) is 1. The molecule has 1 rings (SSSR count). The van der Waals surface area contributed by atoms with Crippen molar-refractivity contribution in [2.75, 3.05) is 26.2 Å². The molecule has 96 valence electrons. The van der Waals surface area contributed by atoms with Gasteiger partial charge in [0.1, 0.15) is 0 Å². The average Bonchev–Trinajstić information content (AvgIpc) is 2.33. The van der Waals surface area contributed by atoms with Crippen LogP contribution in [0.4, 0.5) is 0 Å². The highest BCUT2D eigenvalue weighted by Gasteiger charge is 2.02. The second-order valence-corrected chi connectivity index (χ2v) is 5.26. The van der Waals surface area contributed by atoms with Gasteiger partial charge in [0.2, 0.25) is 0 Å². The van der Waals surface area contributed by atoms with Crippen LogP contribution in [-0.4, -0.2) is 31.1 Å². The highest BCUT2D eigenvalue weighted by molar-refractivity contribution is 9.10. The van der Waals surface area contributed by atoms with Gasteiger partial charge in [-0.15, -0.1) is 0 Å². The van der Waals surface area contributed by atoms with E-state index in [4.69, 9.17) is 11.6 Å². The molecule has 1 aromatic carbocycles. The van der Waals surface area contributed by atoms with Gasteiger partial charge in [0, 0.05) is 29.1 Å². The monoisotopic (exact) mass is 318 g/mol. The van der Waals surface area contributed by atoms with Gasteiger partial charge in [0.05, 0.1) is 0 Å². The fourth-order valence-corrected chi connectivity index (χ4v) is 2.27. The maximum absolute atomic E-state index is 6.12. The Morgan fingerprint density at radius 2 is 2.00 bits per heavy atom. The summed E-state index contributed by atoms with van der Waals surface area (Å²) in [6, 6.07) is 5.95. The van der Waals surface area contributed by atoms with Crippen molar-refractivity contribution in [1.82, 2.24) is 10.2 Å². The molecule has 0 heterocycles. The molecule has 4 heteroatoms. The van der Waals surface area contributed by atoms with Gasteiger partial charge in [-0.2, -0.15) is 0 Å². The molecule has 17 heavy (non-hydrogen) atoms. The molecule has 0 fully saturated rings. The SMILES string of the molecule is CCN(CC)CCNCc1cc(Br)ccc1Cl. The van der Waals surface area contributed by atoms with E-state index in [9.17, 15) is 0 Å². The average molecular weight is 320 g/mol. The standard InChI is InChI=1S/C13H20BrClN2/c1-3-17(4-2)8-7-16-10-11-9-12(14)5-6-13(11)15/h5-6,9,16H,3-4,7-8,10H2,1-2H3. The number of hydrogen-bond acceptors (Lipinski definition) is 2. The minimum absolute atomic E-state index is 0.819. The quantitative estimate of drug-likeness (QED) is 0.773. The van der Waals surface area contributed by atoms with E-state index in [-0.39, 0.29) is 0 Å². The van der Waals surface area contributed by atoms with Gasteiger partial charge in [-0.05, 0) is 36.9 Å². The first-order chi connectivity index (χ1) is 8.17. The van der Waals surface area contributed by atoms with Crippen LogP contribution in [0.5, 0.6) is 0 Å². The maximum Gasteiger partial charge on any atom is 0.0451 e. The summed E-state index contributed by atoms with van der Waals surface area (Å²) >= 11 is 9.58. The third kappa shape index (κ3) is 5.38. The molecule has 0 unspecified atom stereocenters. The summed E-state index contributed by atoms with van der Waals surface area (Å²) < 4.78 is 1.07. The van der Waals surface area contributed by atoms with Gasteiger partial charge in [-0.1, -0.05) is 41.4 Å². The summed E-state index contributed by atoms with van der Waals surface area (Å²) in [6.07, 6.45) is 0. The van der Waals surface area contributed by atoms with Gasteiger partial charge in [-0.3, -0.25) is 0 Å². The fraction of sp³-hybridized carbons (Fsp3) is 0.538. The molecule has 2 nitrogen and oxygen atoms in total. The molecule has 0 radical (unpaired) electrons. The van der Waals surface area contributed by atoms with Crippen LogP contribution < -0.4 is 5.32 Å². The van der Waals surface area contributed by atoms with Crippen molar-refractivity contribution in [2.45, 2.75) is 20.4 Å². The lowest BCUT2D eigenvalue weighted by atomic mass is 10.2. The third-order valence-corrected chi connectivity index (χ3v) is 3.68. The van der Waals surface area contributed by atoms with Gasteiger partial charge in [-0.25, -0.2) is 0 Å². The van der Waals surface area contributed by atoms with Crippen LogP contribution in [0.2, 0.25) is 5.02 Å². The predicted molar refractivity (Wildman–Crippen MR) is 78.6 cm³/mol. The van der Waals surface area contributed by atoms with Crippen molar-refractivity contribution in [3.63, 3.8) is 0 Å². The zero-order valence-corrected chi connectivity index (χ0v) is 12.8. The lowest BCUT2D eigenvalue weighted by molar-refractivity contribution is 0.302. The van der Waals surface area contributed by atoms with Crippen LogP contribution in [0.15, 0.2) is 22.7 Å². The number of rotatable bonds is 7. The predicted octanol–water partition coefficient (Wildman–Crippen LogP) is 3.53. The van der Waals surface area contributed by atoms with Crippen LogP contribution in [0, 0.1) is 0 Å². The van der Waals surface area contributed by atoms with Crippen molar-refractivity contribution in [1.29, 1.82) is 0 Å². The highest BCUT2D eigenvalue weighted by atomic mass is 79.9. The first-order valence-electron chi connectivity index (χ1n) is 6.04. The Morgan fingerprint density at radius 1 is 1.29 bits per heavy atom. The van der Waals surface area contributed by atoms with Crippen LogP contribution in [0.3, 0.4) is 0 Å². The van der Waals surface area contributed by atoms with Gasteiger partial charge < -0.3 is 10.2 Å². The van der Waals surface area contributed by atoms with E-state index in [1.54, 1.807) is 0 Å². The molecule has 0 atom stereocenters. The molecule has 1 N–H and O–H groups in total. The van der Waals surface area contributed by atoms with Gasteiger partial charge in [0.15, 0.2) is 0 Å². The van der Waals surface area contributed by atoms with E-state index >= 15 is 0 Å². The number of benzene rings is 1. The Labute approximate surface area is 117 Å². The first-order valence-corrected chi connectivity index (χ1v) is 7.21. The zero-order chi connectivity index (χ0) is 12.7. The summed E-state index contributed by atoms with van der Waals surface area (Å²) in [4.78, 5) is 2.40. The molecule has 0 aliphatic rings. The van der Waals surface area contributed by atoms with Crippen LogP contribution >= 0.6 is 27.5 Å². The van der Waals surface area contributed by atoms with E-state index < -0.39 is 0 Å². The number of halogens is 2. The third-order valence-electron chi connectivity index (χ3n) is 2.82. The zero-order valence-electron chi connectivity index (χ0n) is 10.5. The molecule has 0 aliphatic carbocycles. The molecular weight excluding hydrogens is 300 g/mol. The van der Waals surface area contributed by atoms with E-state index in [2.05, 4.69) is 46.1 Å². The topological polar surface area (TPSA) is 15.3 Å². The Balaban J connectivity index is 2.33. The minimum Gasteiger partial charge on any atom is -0.311 e. The Hall–Kier alpha value is -0.0900. The van der Waals surface area contributed by atoms with E-state index in [0.717, 1.165) is 47.8 Å². The van der Waals surface area contributed by atoms with Crippen molar-refractivity contribution in [3.8, 4) is 0 Å². The van der Waals surface area contributed by atoms with Crippen molar-refractivity contribution < 1.29 is 0 Å². The number of likely N-dealkylation sites (N-methyl/N-ethyl adjacent to an activating group) is 1. The summed E-state index contributed by atoms with van der Waals surface area (Å²) in [7, 11) is 0.